The maximum Gasteiger partial charge on any atom is 0.227 e. The van der Waals surface area contributed by atoms with Gasteiger partial charge in [0.2, 0.25) is 5.91 Å². The van der Waals surface area contributed by atoms with Crippen molar-refractivity contribution >= 4 is 11.6 Å². The monoisotopic (exact) mass is 253 g/mol. The molecule has 1 heterocycles. The highest BCUT2D eigenvalue weighted by Crippen LogP contribution is 2.28. The molecule has 0 atom stereocenters. The first-order chi connectivity index (χ1) is 8.65. The van der Waals surface area contributed by atoms with E-state index in [1.165, 1.54) is 31.3 Å². The summed E-state index contributed by atoms with van der Waals surface area (Å²) in [6.07, 6.45) is 0.567. The Bertz CT molecular complexity index is 446. The fourth-order valence-corrected chi connectivity index (χ4v) is 2.11. The van der Waals surface area contributed by atoms with Crippen LogP contribution in [0.3, 0.4) is 0 Å². The van der Waals surface area contributed by atoms with Crippen LogP contribution in [0.1, 0.15) is 12.0 Å². The molecule has 4 nitrogen and oxygen atoms in total. The molecule has 1 amide bonds. The predicted molar refractivity (Wildman–Crippen MR) is 64.9 cm³/mol. The third-order valence-electron chi connectivity index (χ3n) is 3.10. The number of halogens is 1. The number of hydrogen-bond donors (Lipinski definition) is 0. The number of carbonyl (C=O) groups excluding carboxylic acids is 1. The van der Waals surface area contributed by atoms with Crippen molar-refractivity contribution in [2.75, 3.05) is 25.7 Å². The van der Waals surface area contributed by atoms with Gasteiger partial charge in [-0.15, -0.1) is 0 Å². The van der Waals surface area contributed by atoms with Crippen molar-refractivity contribution in [1.82, 2.24) is 0 Å². The Morgan fingerprint density at radius 1 is 1.33 bits per heavy atom. The van der Waals surface area contributed by atoms with Crippen LogP contribution in [0.4, 0.5) is 10.1 Å². The first kappa shape index (κ1) is 13.0. The van der Waals surface area contributed by atoms with Crippen LogP contribution in [0.2, 0.25) is 0 Å². The van der Waals surface area contributed by atoms with Gasteiger partial charge in [0.05, 0.1) is 6.54 Å². The standard InChI is InChI=1S/C13H16FNO3/c1-17-13(18-2)8-15-11-7-10(14)5-3-9(11)4-6-12(15)16/h3,5,7,13H,4,6,8H2,1-2H3. The minimum Gasteiger partial charge on any atom is -0.354 e. The molecule has 0 aliphatic carbocycles. The van der Waals surface area contributed by atoms with E-state index in [4.69, 9.17) is 9.47 Å². The minimum absolute atomic E-state index is 0.0350. The summed E-state index contributed by atoms with van der Waals surface area (Å²) in [5, 5.41) is 0. The van der Waals surface area contributed by atoms with E-state index in [1.807, 2.05) is 0 Å². The second-order valence-corrected chi connectivity index (χ2v) is 4.18. The first-order valence-corrected chi connectivity index (χ1v) is 5.80. The summed E-state index contributed by atoms with van der Waals surface area (Å²) in [5.41, 5.74) is 1.59. The summed E-state index contributed by atoms with van der Waals surface area (Å²) in [6.45, 7) is 0.266. The van der Waals surface area contributed by atoms with E-state index in [0.29, 0.717) is 18.5 Å². The van der Waals surface area contributed by atoms with Crippen LogP contribution in [0.25, 0.3) is 0 Å². The van der Waals surface area contributed by atoms with Crippen LogP contribution in [0.5, 0.6) is 0 Å². The minimum atomic E-state index is -0.511. The summed E-state index contributed by atoms with van der Waals surface area (Å²) in [6, 6.07) is 4.52. The fraction of sp³-hybridized carbons (Fsp3) is 0.462. The van der Waals surface area contributed by atoms with E-state index in [1.54, 1.807) is 6.07 Å². The van der Waals surface area contributed by atoms with Gasteiger partial charge in [-0.1, -0.05) is 6.07 Å². The molecule has 0 saturated carbocycles. The van der Waals surface area contributed by atoms with E-state index >= 15 is 0 Å². The summed E-state index contributed by atoms with van der Waals surface area (Å²) >= 11 is 0. The molecule has 0 fully saturated rings. The number of aryl methyl sites for hydroxylation is 1. The number of anilines is 1. The topological polar surface area (TPSA) is 38.8 Å². The highest BCUT2D eigenvalue weighted by molar-refractivity contribution is 5.96. The highest BCUT2D eigenvalue weighted by atomic mass is 19.1. The Balaban J connectivity index is 2.29. The van der Waals surface area contributed by atoms with Crippen molar-refractivity contribution in [2.24, 2.45) is 0 Å². The number of amides is 1. The van der Waals surface area contributed by atoms with Crippen LogP contribution >= 0.6 is 0 Å². The molecular formula is C13H16FNO3. The second-order valence-electron chi connectivity index (χ2n) is 4.18. The number of rotatable bonds is 4. The smallest absolute Gasteiger partial charge is 0.227 e. The van der Waals surface area contributed by atoms with Gasteiger partial charge in [0, 0.05) is 26.3 Å². The van der Waals surface area contributed by atoms with Gasteiger partial charge >= 0.3 is 0 Å². The molecule has 5 heteroatoms. The Morgan fingerprint density at radius 2 is 2.06 bits per heavy atom. The molecule has 98 valence electrons. The lowest BCUT2D eigenvalue weighted by Gasteiger charge is -2.31. The average Bonchev–Trinajstić information content (AvgIpc) is 2.38. The quantitative estimate of drug-likeness (QED) is 0.767. The van der Waals surface area contributed by atoms with Gasteiger partial charge in [-0.25, -0.2) is 4.39 Å². The zero-order chi connectivity index (χ0) is 13.1. The van der Waals surface area contributed by atoms with Gasteiger partial charge in [0.1, 0.15) is 5.82 Å². The zero-order valence-electron chi connectivity index (χ0n) is 10.5. The third kappa shape index (κ3) is 2.52. The van der Waals surface area contributed by atoms with Gasteiger partial charge in [-0.3, -0.25) is 4.79 Å². The molecular weight excluding hydrogens is 237 g/mol. The number of benzene rings is 1. The van der Waals surface area contributed by atoms with Gasteiger partial charge in [0.15, 0.2) is 6.29 Å². The van der Waals surface area contributed by atoms with Crippen molar-refractivity contribution in [2.45, 2.75) is 19.1 Å². The molecule has 0 radical (unpaired) electrons. The lowest BCUT2D eigenvalue weighted by atomic mass is 10.0. The van der Waals surface area contributed by atoms with Crippen molar-refractivity contribution in [1.29, 1.82) is 0 Å². The van der Waals surface area contributed by atoms with Crippen LogP contribution in [-0.4, -0.2) is 33.0 Å². The first-order valence-electron chi connectivity index (χ1n) is 5.80. The van der Waals surface area contributed by atoms with Gasteiger partial charge in [-0.2, -0.15) is 0 Å². The number of hydrogen-bond acceptors (Lipinski definition) is 3. The maximum atomic E-state index is 13.3. The number of ether oxygens (including phenoxy) is 2. The third-order valence-corrected chi connectivity index (χ3v) is 3.10. The molecule has 0 saturated heterocycles. The lowest BCUT2D eigenvalue weighted by Crippen LogP contribution is -2.41. The van der Waals surface area contributed by atoms with Gasteiger partial charge in [0.25, 0.3) is 0 Å². The van der Waals surface area contributed by atoms with Gasteiger partial charge in [-0.05, 0) is 24.1 Å². The van der Waals surface area contributed by atoms with E-state index in [9.17, 15) is 9.18 Å². The number of carbonyl (C=O) groups is 1. The molecule has 1 aromatic rings. The summed E-state index contributed by atoms with van der Waals surface area (Å²) in [4.78, 5) is 13.5. The van der Waals surface area contributed by atoms with E-state index in [2.05, 4.69) is 0 Å². The van der Waals surface area contributed by atoms with Crippen LogP contribution in [0.15, 0.2) is 18.2 Å². The summed E-state index contributed by atoms with van der Waals surface area (Å²) in [7, 11) is 3.02. The largest absolute Gasteiger partial charge is 0.354 e. The molecule has 1 aliphatic rings. The Hall–Kier alpha value is -1.46. The van der Waals surface area contributed by atoms with Crippen LogP contribution < -0.4 is 4.90 Å². The van der Waals surface area contributed by atoms with Crippen molar-refractivity contribution in [3.05, 3.63) is 29.6 Å². The molecule has 2 rings (SSSR count). The lowest BCUT2D eigenvalue weighted by molar-refractivity contribution is -0.123. The Labute approximate surface area is 105 Å². The molecule has 0 N–H and O–H groups in total. The van der Waals surface area contributed by atoms with Crippen molar-refractivity contribution in [3.63, 3.8) is 0 Å². The second kappa shape index (κ2) is 5.46. The molecule has 0 aromatic heterocycles. The van der Waals surface area contributed by atoms with Crippen molar-refractivity contribution in [3.8, 4) is 0 Å². The summed E-state index contributed by atoms with van der Waals surface area (Å²) < 4.78 is 23.5. The van der Waals surface area contributed by atoms with Crippen LogP contribution in [0, 0.1) is 5.82 Å². The average molecular weight is 253 g/mol. The fourth-order valence-electron chi connectivity index (χ4n) is 2.11. The van der Waals surface area contributed by atoms with Crippen molar-refractivity contribution < 1.29 is 18.7 Å². The van der Waals surface area contributed by atoms with E-state index < -0.39 is 6.29 Å². The molecule has 1 aliphatic heterocycles. The highest BCUT2D eigenvalue weighted by Gasteiger charge is 2.26. The molecule has 0 unspecified atom stereocenters. The Morgan fingerprint density at radius 3 is 2.72 bits per heavy atom. The molecule has 0 bridgehead atoms. The predicted octanol–water partition coefficient (Wildman–Crippen LogP) is 1.72. The number of nitrogens with zero attached hydrogens (tertiary/aromatic N) is 1. The Kier molecular flexibility index (Phi) is 3.93. The van der Waals surface area contributed by atoms with E-state index in [-0.39, 0.29) is 18.3 Å². The van der Waals surface area contributed by atoms with E-state index in [0.717, 1.165) is 5.56 Å². The summed E-state index contributed by atoms with van der Waals surface area (Å²) in [5.74, 6) is -0.382. The van der Waals surface area contributed by atoms with Gasteiger partial charge < -0.3 is 14.4 Å². The molecule has 1 aromatic carbocycles. The maximum absolute atomic E-state index is 13.3. The van der Waals surface area contributed by atoms with Crippen LogP contribution in [-0.2, 0) is 20.7 Å². The zero-order valence-corrected chi connectivity index (χ0v) is 10.5. The number of methoxy groups -OCH3 is 2. The molecule has 0 spiro atoms. The normalized spacial score (nSPS) is 15.1. The number of fused-ring (bicyclic) bond motifs is 1. The SMILES string of the molecule is COC(CN1C(=O)CCc2ccc(F)cc21)OC. The molecule has 18 heavy (non-hydrogen) atoms.